The summed E-state index contributed by atoms with van der Waals surface area (Å²) < 4.78 is 0. The molecule has 1 aliphatic heterocycles. The second-order valence-corrected chi connectivity index (χ2v) is 4.59. The van der Waals surface area contributed by atoms with Crippen molar-refractivity contribution in [3.63, 3.8) is 0 Å². The topological polar surface area (TPSA) is 53.1 Å². The number of nitrogens with zero attached hydrogens (tertiary/aromatic N) is 3. The summed E-state index contributed by atoms with van der Waals surface area (Å²) in [5.74, 6) is 0. The van der Waals surface area contributed by atoms with E-state index in [2.05, 4.69) is 34.8 Å². The quantitative estimate of drug-likeness (QED) is 0.241. The minimum absolute atomic E-state index is 0. The van der Waals surface area contributed by atoms with Gasteiger partial charge in [0.05, 0.1) is 5.69 Å². The third kappa shape index (κ3) is 41.4. The summed E-state index contributed by atoms with van der Waals surface area (Å²) in [5.41, 5.74) is 4.03. The number of pyridine rings is 1. The molecule has 1 N–H and O–H groups in total. The summed E-state index contributed by atoms with van der Waals surface area (Å²) in [6.07, 6.45) is 9.07. The Labute approximate surface area is 282 Å². The zero-order valence-electron chi connectivity index (χ0n) is 22.7. The second-order valence-electron chi connectivity index (χ2n) is 4.59. The molecule has 36 heavy (non-hydrogen) atoms. The Hall–Kier alpha value is 0.281. The molecule has 0 fully saturated rings. The molecule has 2 radical (unpaired) electrons. The molecular formula is C29H60N4Ru2Y+. The zero-order valence-corrected chi connectivity index (χ0v) is 29.0. The third-order valence-electron chi connectivity index (χ3n) is 2.82. The fraction of sp³-hybridized carbons (Fsp3) is 0.414. The summed E-state index contributed by atoms with van der Waals surface area (Å²) in [7, 11) is 3.65. The summed E-state index contributed by atoms with van der Waals surface area (Å²) in [4.78, 5) is 4.36. The number of aromatic nitrogens is 1. The number of allylic oxidation sites excluding steroid dienone is 4. The predicted molar refractivity (Wildman–Crippen MR) is 163 cm³/mol. The molecular weight excluding hydrogens is 695 g/mol. The molecule has 0 spiro atoms. The van der Waals surface area contributed by atoms with Crippen LogP contribution >= 0.6 is 0 Å². The van der Waals surface area contributed by atoms with E-state index in [1.807, 2.05) is 71.2 Å². The van der Waals surface area contributed by atoms with Crippen LogP contribution in [0, 0.1) is 43.6 Å². The Morgan fingerprint density at radius 2 is 1.42 bits per heavy atom. The molecule has 2 heterocycles. The smallest absolute Gasteiger partial charge is 0.694 e. The summed E-state index contributed by atoms with van der Waals surface area (Å²) in [5, 5.41) is 11.2. The van der Waals surface area contributed by atoms with E-state index in [1.54, 1.807) is 13.2 Å². The van der Waals surface area contributed by atoms with Crippen molar-refractivity contribution in [3.8, 4) is 0 Å². The molecule has 1 aromatic heterocycles. The minimum Gasteiger partial charge on any atom is -0.694 e. The van der Waals surface area contributed by atoms with Gasteiger partial charge in [0.1, 0.15) is 0 Å². The van der Waals surface area contributed by atoms with Crippen LogP contribution in [-0.4, -0.2) is 19.1 Å². The van der Waals surface area contributed by atoms with E-state index in [0.717, 1.165) is 42.2 Å². The number of nitrogens with one attached hydrogen (secondary N) is 1. The Kier molecular flexibility index (Phi) is 128. The molecule has 2 rings (SSSR count). The molecule has 4 nitrogen and oxygen atoms in total. The minimum atomic E-state index is 0. The second kappa shape index (κ2) is 60.0. The first kappa shape index (κ1) is 76.6. The van der Waals surface area contributed by atoms with Crippen molar-refractivity contribution in [1.29, 1.82) is 0 Å². The molecule has 0 bridgehead atoms. The van der Waals surface area contributed by atoms with Crippen LogP contribution in [0.2, 0.25) is 0 Å². The monoisotopic (exact) mass is 757 g/mol. The first-order chi connectivity index (χ1) is 12.7. The molecule has 0 atom stereocenters. The molecule has 1 aliphatic rings. The van der Waals surface area contributed by atoms with Gasteiger partial charge in [-0.1, -0.05) is 74.3 Å². The molecule has 7 heteroatoms. The molecule has 0 aromatic carbocycles. The van der Waals surface area contributed by atoms with Gasteiger partial charge in [-0.05, 0) is 19.2 Å². The average Bonchev–Trinajstić information content (AvgIpc) is 2.72. The summed E-state index contributed by atoms with van der Waals surface area (Å²) >= 11 is 0. The first-order valence-electron chi connectivity index (χ1n) is 9.29. The van der Waals surface area contributed by atoms with Crippen molar-refractivity contribution in [2.45, 2.75) is 69.4 Å². The van der Waals surface area contributed by atoms with E-state index in [9.17, 15) is 0 Å². The van der Waals surface area contributed by atoms with Crippen LogP contribution in [-0.2, 0) is 84.6 Å². The largest absolute Gasteiger partial charge is 5.00 e. The Bertz CT molecular complexity index is 550. The van der Waals surface area contributed by atoms with E-state index in [1.165, 1.54) is 0 Å². The Morgan fingerprint density at radius 3 is 1.81 bits per heavy atom. The van der Waals surface area contributed by atoms with Gasteiger partial charge in [0.15, 0.2) is 0 Å². The van der Waals surface area contributed by atoms with E-state index in [4.69, 9.17) is 0 Å². The maximum Gasteiger partial charge on any atom is 5.00 e. The van der Waals surface area contributed by atoms with Crippen LogP contribution in [0.1, 0.15) is 67.8 Å². The number of rotatable bonds is 5. The van der Waals surface area contributed by atoms with Crippen LogP contribution in [0.15, 0.2) is 54.0 Å². The van der Waals surface area contributed by atoms with Crippen LogP contribution in [0.5, 0.6) is 0 Å². The van der Waals surface area contributed by atoms with Crippen molar-refractivity contribution in [2.24, 2.45) is 0 Å². The fourth-order valence-corrected chi connectivity index (χ4v) is 1.79. The van der Waals surface area contributed by atoms with Gasteiger partial charge in [-0.3, -0.25) is 4.98 Å². The Morgan fingerprint density at radius 1 is 0.944 bits per heavy atom. The van der Waals surface area contributed by atoms with E-state index < -0.39 is 0 Å². The maximum atomic E-state index is 4.36. The number of hydrogen-bond donors (Lipinski definition) is 1. The zero-order chi connectivity index (χ0) is 20.2. The van der Waals surface area contributed by atoms with Gasteiger partial charge in [-0.15, -0.1) is 13.5 Å². The van der Waals surface area contributed by atoms with Crippen molar-refractivity contribution < 1.29 is 71.7 Å². The number of hydrogen-bond acceptors (Lipinski definition) is 2. The van der Waals surface area contributed by atoms with Gasteiger partial charge in [0.25, 0.3) is 0 Å². The Balaban J connectivity index is -0.0000000225. The van der Waals surface area contributed by atoms with E-state index in [-0.39, 0.29) is 124 Å². The van der Waals surface area contributed by atoms with Gasteiger partial charge in [-0.2, -0.15) is 24.0 Å². The molecule has 0 saturated carbocycles. The summed E-state index contributed by atoms with van der Waals surface area (Å²) in [6, 6.07) is 6.02. The predicted octanol–water partition coefficient (Wildman–Crippen LogP) is 9.81. The van der Waals surface area contributed by atoms with Crippen LogP contribution in [0.3, 0.4) is 0 Å². The van der Waals surface area contributed by atoms with Gasteiger partial charge >= 0.3 is 39.0 Å². The normalized spacial score (nSPS) is 9.33. The standard InChI is InChI=1S/C9H13N2.C9H11N2.2C2H6.3CH4.4CH3.2Ru.Y/c2*1-3-8-5-4-6-9(11-8)7-10-2;2*1-2;;;;;;;;;;/h4-6,10H,1,3,7H2,2H3;4-7H,1,3H2,2H3;2*1-2H3;3*1H4;4*1H3;;;/q-1;-3;;;;;;4*-1;+4;+5;. The third-order valence-corrected chi connectivity index (χ3v) is 2.82. The van der Waals surface area contributed by atoms with Crippen molar-refractivity contribution in [3.05, 3.63) is 120 Å². The van der Waals surface area contributed by atoms with Crippen molar-refractivity contribution in [1.82, 2.24) is 10.3 Å². The molecule has 0 aliphatic carbocycles. The average molecular weight is 756 g/mol. The van der Waals surface area contributed by atoms with E-state index in [0.29, 0.717) is 0 Å². The van der Waals surface area contributed by atoms with Crippen LogP contribution in [0.25, 0.3) is 10.6 Å². The van der Waals surface area contributed by atoms with E-state index >= 15 is 0 Å². The van der Waals surface area contributed by atoms with Gasteiger partial charge in [0.2, 0.25) is 0 Å². The fourth-order valence-electron chi connectivity index (χ4n) is 1.79. The summed E-state index contributed by atoms with van der Waals surface area (Å²) in [6.45, 7) is 16.4. The van der Waals surface area contributed by atoms with Crippen LogP contribution < -0.4 is 5.32 Å². The molecule has 214 valence electrons. The van der Waals surface area contributed by atoms with Gasteiger partial charge in [-0.25, -0.2) is 0 Å². The van der Waals surface area contributed by atoms with Gasteiger partial charge < -0.3 is 59.5 Å². The molecule has 0 unspecified atom stereocenters. The molecule has 1 aromatic rings. The molecule has 0 amide bonds. The maximum absolute atomic E-state index is 4.36. The molecule has 0 saturated heterocycles. The van der Waals surface area contributed by atoms with Crippen LogP contribution in [0.4, 0.5) is 0 Å². The SMILES string of the molecule is C.C.C.CC.CC.[CH2-]CC1=CC=CC(=C[N-]C)[N-]1.[CH2-]Cc1cccc(CNC)n1.[CH3-].[CH3-].[CH3-].[CH3-].[Ru+4].[Ru+5].[Y]. The van der Waals surface area contributed by atoms with Crippen molar-refractivity contribution in [2.75, 3.05) is 14.1 Å². The van der Waals surface area contributed by atoms with Gasteiger partial charge in [0, 0.05) is 44.9 Å². The van der Waals surface area contributed by atoms with Crippen molar-refractivity contribution >= 4 is 0 Å². The first-order valence-corrected chi connectivity index (χ1v) is 9.29.